The van der Waals surface area contributed by atoms with E-state index in [0.29, 0.717) is 24.6 Å². The maximum atomic E-state index is 13.1. The zero-order valence-corrected chi connectivity index (χ0v) is 18.9. The zero-order chi connectivity index (χ0) is 19.3. The van der Waals surface area contributed by atoms with Crippen LogP contribution in [0.2, 0.25) is 0 Å². The average Bonchev–Trinajstić information content (AvgIpc) is 2.67. The van der Waals surface area contributed by atoms with E-state index in [4.69, 9.17) is 0 Å². The van der Waals surface area contributed by atoms with Crippen LogP contribution in [0, 0.1) is 5.82 Å². The number of nitrogens with zero attached hydrogens (tertiary/aromatic N) is 1. The number of carbonyl (C=O) groups excluding carboxylic acids is 1. The molecule has 2 aromatic rings. The van der Waals surface area contributed by atoms with Crippen LogP contribution in [0.1, 0.15) is 5.56 Å². The summed E-state index contributed by atoms with van der Waals surface area (Å²) in [6.45, 7) is 1.80. The van der Waals surface area contributed by atoms with Crippen molar-refractivity contribution in [3.63, 3.8) is 0 Å². The Kier molecular flexibility index (Phi) is 12.3. The Morgan fingerprint density at radius 2 is 1.71 bits per heavy atom. The standard InChI is InChI=1S/C20H25FN4OS.HI/c1-22-20(25-12-13-27-18-8-3-2-4-9-18)24-11-10-23-19(26)15-16-6-5-7-17(21)14-16;/h2-9,14H,10-13,15H2,1H3,(H,23,26)(H2,22,24,25);1H. The molecule has 8 heteroatoms. The lowest BCUT2D eigenvalue weighted by Gasteiger charge is -2.12. The summed E-state index contributed by atoms with van der Waals surface area (Å²) in [5, 5.41) is 9.20. The molecule has 0 aliphatic carbocycles. The van der Waals surface area contributed by atoms with Gasteiger partial charge in [0.2, 0.25) is 5.91 Å². The van der Waals surface area contributed by atoms with Crippen molar-refractivity contribution in [3.05, 3.63) is 66.0 Å². The molecule has 5 nitrogen and oxygen atoms in total. The van der Waals surface area contributed by atoms with E-state index in [2.05, 4.69) is 33.1 Å². The van der Waals surface area contributed by atoms with Crippen LogP contribution in [0.5, 0.6) is 0 Å². The smallest absolute Gasteiger partial charge is 0.224 e. The fraction of sp³-hybridized carbons (Fsp3) is 0.300. The fourth-order valence-electron chi connectivity index (χ4n) is 2.35. The quantitative estimate of drug-likeness (QED) is 0.158. The van der Waals surface area contributed by atoms with E-state index < -0.39 is 0 Å². The minimum Gasteiger partial charge on any atom is -0.356 e. The molecule has 28 heavy (non-hydrogen) atoms. The van der Waals surface area contributed by atoms with E-state index in [-0.39, 0.29) is 42.1 Å². The molecule has 0 radical (unpaired) electrons. The van der Waals surface area contributed by atoms with E-state index in [1.807, 2.05) is 18.2 Å². The molecule has 0 aliphatic heterocycles. The molecule has 0 saturated heterocycles. The molecule has 0 fully saturated rings. The van der Waals surface area contributed by atoms with Crippen molar-refractivity contribution in [3.8, 4) is 0 Å². The van der Waals surface area contributed by atoms with E-state index in [9.17, 15) is 9.18 Å². The second-order valence-corrected chi connectivity index (χ2v) is 6.91. The van der Waals surface area contributed by atoms with Crippen LogP contribution in [0.15, 0.2) is 64.5 Å². The third-order valence-corrected chi connectivity index (χ3v) is 4.64. The molecule has 3 N–H and O–H groups in total. The molecule has 0 saturated carbocycles. The molecule has 0 atom stereocenters. The molecule has 0 aliphatic rings. The van der Waals surface area contributed by atoms with Gasteiger partial charge >= 0.3 is 0 Å². The van der Waals surface area contributed by atoms with Crippen LogP contribution >= 0.6 is 35.7 Å². The second-order valence-electron chi connectivity index (χ2n) is 5.74. The summed E-state index contributed by atoms with van der Waals surface area (Å²) in [6, 6.07) is 16.3. The Hall–Kier alpha value is -1.81. The predicted octanol–water partition coefficient (Wildman–Crippen LogP) is 3.06. The highest BCUT2D eigenvalue weighted by atomic mass is 127. The van der Waals surface area contributed by atoms with E-state index in [0.717, 1.165) is 12.3 Å². The molecule has 2 aromatic carbocycles. The van der Waals surface area contributed by atoms with Crippen LogP contribution < -0.4 is 16.0 Å². The lowest BCUT2D eigenvalue weighted by molar-refractivity contribution is -0.120. The van der Waals surface area contributed by atoms with Gasteiger partial charge in [0, 0.05) is 37.3 Å². The minimum atomic E-state index is -0.331. The number of nitrogens with one attached hydrogen (secondary N) is 3. The minimum absolute atomic E-state index is 0. The Balaban J connectivity index is 0.00000392. The van der Waals surface area contributed by atoms with Gasteiger partial charge in [-0.3, -0.25) is 9.79 Å². The number of aliphatic imine (C=N–C) groups is 1. The van der Waals surface area contributed by atoms with Crippen LogP contribution in [0.3, 0.4) is 0 Å². The van der Waals surface area contributed by atoms with Crippen LogP contribution in [0.4, 0.5) is 4.39 Å². The first-order chi connectivity index (χ1) is 13.2. The summed E-state index contributed by atoms with van der Waals surface area (Å²) in [5.41, 5.74) is 0.661. The van der Waals surface area contributed by atoms with E-state index in [1.165, 1.54) is 17.0 Å². The second kappa shape index (κ2) is 14.2. The van der Waals surface area contributed by atoms with Gasteiger partial charge in [0.25, 0.3) is 0 Å². The molecule has 152 valence electrons. The first-order valence-corrected chi connectivity index (χ1v) is 9.79. The molecule has 1 amide bonds. The predicted molar refractivity (Wildman–Crippen MR) is 125 cm³/mol. The summed E-state index contributed by atoms with van der Waals surface area (Å²) >= 11 is 1.78. The SMILES string of the molecule is CN=C(NCCNC(=O)Cc1cccc(F)c1)NCCSc1ccccc1.I. The number of hydrogen-bond donors (Lipinski definition) is 3. The lowest BCUT2D eigenvalue weighted by atomic mass is 10.1. The Labute approximate surface area is 187 Å². The number of amides is 1. The number of rotatable bonds is 9. The summed E-state index contributed by atoms with van der Waals surface area (Å²) in [7, 11) is 1.71. The van der Waals surface area contributed by atoms with Gasteiger partial charge in [-0.05, 0) is 29.8 Å². The van der Waals surface area contributed by atoms with E-state index in [1.54, 1.807) is 30.9 Å². The van der Waals surface area contributed by atoms with Gasteiger partial charge in [0.05, 0.1) is 6.42 Å². The molecule has 0 heterocycles. The van der Waals surface area contributed by atoms with Crippen molar-refractivity contribution in [1.29, 1.82) is 0 Å². The highest BCUT2D eigenvalue weighted by molar-refractivity contribution is 14.0. The first-order valence-electron chi connectivity index (χ1n) is 8.81. The van der Waals surface area contributed by atoms with Crippen molar-refractivity contribution in [2.24, 2.45) is 4.99 Å². The van der Waals surface area contributed by atoms with Gasteiger partial charge in [-0.15, -0.1) is 35.7 Å². The molecule has 0 spiro atoms. The van der Waals surface area contributed by atoms with Crippen LogP contribution in [-0.4, -0.2) is 44.3 Å². The summed E-state index contributed by atoms with van der Waals surface area (Å²) < 4.78 is 13.1. The van der Waals surface area contributed by atoms with E-state index >= 15 is 0 Å². The Morgan fingerprint density at radius 1 is 1.00 bits per heavy atom. The maximum Gasteiger partial charge on any atom is 0.224 e. The third kappa shape index (κ3) is 9.93. The topological polar surface area (TPSA) is 65.5 Å². The Bertz CT molecular complexity index is 746. The number of thioether (sulfide) groups is 1. The number of hydrogen-bond acceptors (Lipinski definition) is 3. The van der Waals surface area contributed by atoms with Crippen molar-refractivity contribution in [2.75, 3.05) is 32.4 Å². The van der Waals surface area contributed by atoms with Crippen molar-refractivity contribution in [2.45, 2.75) is 11.3 Å². The summed E-state index contributed by atoms with van der Waals surface area (Å²) in [5.74, 6) is 1.16. The third-order valence-electron chi connectivity index (χ3n) is 3.62. The monoisotopic (exact) mass is 516 g/mol. The summed E-state index contributed by atoms with van der Waals surface area (Å²) in [4.78, 5) is 17.3. The molecular weight excluding hydrogens is 490 g/mol. The summed E-state index contributed by atoms with van der Waals surface area (Å²) in [6.07, 6.45) is 0.168. The lowest BCUT2D eigenvalue weighted by Crippen LogP contribution is -2.42. The fourth-order valence-corrected chi connectivity index (χ4v) is 3.14. The number of benzene rings is 2. The van der Waals surface area contributed by atoms with Crippen molar-refractivity contribution >= 4 is 47.6 Å². The molecule has 2 rings (SSSR count). The van der Waals surface area contributed by atoms with Gasteiger partial charge in [0.15, 0.2) is 5.96 Å². The first kappa shape index (κ1) is 24.2. The Morgan fingerprint density at radius 3 is 2.43 bits per heavy atom. The van der Waals surface area contributed by atoms with Gasteiger partial charge < -0.3 is 16.0 Å². The van der Waals surface area contributed by atoms with Gasteiger partial charge in [-0.2, -0.15) is 0 Å². The molecule has 0 aromatic heterocycles. The van der Waals surface area contributed by atoms with Crippen LogP contribution in [-0.2, 0) is 11.2 Å². The van der Waals surface area contributed by atoms with Crippen LogP contribution in [0.25, 0.3) is 0 Å². The zero-order valence-electron chi connectivity index (χ0n) is 15.8. The van der Waals surface area contributed by atoms with Crippen molar-refractivity contribution < 1.29 is 9.18 Å². The average molecular weight is 516 g/mol. The highest BCUT2D eigenvalue weighted by Crippen LogP contribution is 2.15. The number of halogens is 2. The van der Waals surface area contributed by atoms with Gasteiger partial charge in [0.1, 0.15) is 5.82 Å². The normalized spacial score (nSPS) is 10.7. The largest absolute Gasteiger partial charge is 0.356 e. The van der Waals surface area contributed by atoms with Gasteiger partial charge in [-0.1, -0.05) is 30.3 Å². The number of guanidine groups is 1. The maximum absolute atomic E-state index is 13.1. The van der Waals surface area contributed by atoms with Gasteiger partial charge in [-0.25, -0.2) is 4.39 Å². The number of carbonyl (C=O) groups is 1. The molecular formula is C20H26FIN4OS. The highest BCUT2D eigenvalue weighted by Gasteiger charge is 2.04. The molecule has 0 bridgehead atoms. The molecule has 0 unspecified atom stereocenters. The van der Waals surface area contributed by atoms with Crippen molar-refractivity contribution in [1.82, 2.24) is 16.0 Å².